The Bertz CT molecular complexity index is 1690. The molecule has 0 radical (unpaired) electrons. The summed E-state index contributed by atoms with van der Waals surface area (Å²) in [6.45, 7) is 3.80. The van der Waals surface area contributed by atoms with Crippen LogP contribution in [-0.2, 0) is 9.53 Å². The van der Waals surface area contributed by atoms with E-state index in [1.807, 2.05) is 66.9 Å². The second kappa shape index (κ2) is 9.40. The molecule has 0 bridgehead atoms. The molecule has 1 atom stereocenters. The number of fused-ring (bicyclic) bond motifs is 1. The summed E-state index contributed by atoms with van der Waals surface area (Å²) in [5, 5.41) is 8.53. The first kappa shape index (κ1) is 23.3. The van der Waals surface area contributed by atoms with Crippen LogP contribution < -0.4 is 14.9 Å². The van der Waals surface area contributed by atoms with Crippen molar-refractivity contribution in [3.63, 3.8) is 0 Å². The van der Waals surface area contributed by atoms with Gasteiger partial charge in [0.2, 0.25) is 0 Å². The molecule has 37 heavy (non-hydrogen) atoms. The topological polar surface area (TPSA) is 91.4 Å². The van der Waals surface area contributed by atoms with Gasteiger partial charge in [0.15, 0.2) is 4.80 Å². The van der Waals surface area contributed by atoms with Gasteiger partial charge in [-0.05, 0) is 56.0 Å². The zero-order valence-corrected chi connectivity index (χ0v) is 21.3. The second-order valence-corrected chi connectivity index (χ2v) is 10.2. The third-order valence-electron chi connectivity index (χ3n) is 6.59. The number of aromatic nitrogens is 4. The lowest BCUT2D eigenvalue weighted by Gasteiger charge is -2.24. The Hall–Kier alpha value is -4.11. The van der Waals surface area contributed by atoms with Gasteiger partial charge in [-0.15, -0.1) is 5.10 Å². The summed E-state index contributed by atoms with van der Waals surface area (Å²) in [7, 11) is 0. The van der Waals surface area contributed by atoms with Crippen molar-refractivity contribution in [1.82, 2.24) is 19.6 Å². The van der Waals surface area contributed by atoms with Crippen LogP contribution in [0.5, 0.6) is 0 Å². The Kier molecular flexibility index (Phi) is 5.92. The number of allylic oxidation sites excluding steroid dienone is 1. The first-order valence-electron chi connectivity index (χ1n) is 12.3. The van der Waals surface area contributed by atoms with Gasteiger partial charge in [-0.1, -0.05) is 59.0 Å². The van der Waals surface area contributed by atoms with Crippen LogP contribution in [0.15, 0.2) is 81.9 Å². The average molecular weight is 512 g/mol. The molecule has 8 nitrogen and oxygen atoms in total. The van der Waals surface area contributed by atoms with Gasteiger partial charge in [-0.3, -0.25) is 9.36 Å². The molecule has 0 spiro atoms. The molecule has 2 aromatic heterocycles. The van der Waals surface area contributed by atoms with Crippen LogP contribution in [0.1, 0.15) is 55.5 Å². The highest BCUT2D eigenvalue weighted by Crippen LogP contribution is 2.38. The lowest BCUT2D eigenvalue weighted by Crippen LogP contribution is -2.39. The molecular formula is C28H25N5O3S. The van der Waals surface area contributed by atoms with Crippen LogP contribution in [0, 0.1) is 0 Å². The van der Waals surface area contributed by atoms with Crippen molar-refractivity contribution in [2.75, 3.05) is 6.61 Å². The molecule has 2 aliphatic rings. The summed E-state index contributed by atoms with van der Waals surface area (Å²) in [4.78, 5) is 31.8. The van der Waals surface area contributed by atoms with Gasteiger partial charge in [0.1, 0.15) is 0 Å². The highest BCUT2D eigenvalue weighted by molar-refractivity contribution is 7.07. The Labute approximate surface area is 216 Å². The van der Waals surface area contributed by atoms with Gasteiger partial charge in [-0.2, -0.15) is 0 Å². The van der Waals surface area contributed by atoms with Crippen LogP contribution in [0.4, 0.5) is 0 Å². The highest BCUT2D eigenvalue weighted by atomic mass is 32.1. The summed E-state index contributed by atoms with van der Waals surface area (Å²) < 4.78 is 9.27. The van der Waals surface area contributed by atoms with Gasteiger partial charge in [-0.25, -0.2) is 14.5 Å². The molecule has 1 unspecified atom stereocenters. The van der Waals surface area contributed by atoms with Crippen LogP contribution in [0.3, 0.4) is 0 Å². The fourth-order valence-electron chi connectivity index (χ4n) is 4.59. The molecule has 4 aromatic rings. The number of thiazole rings is 1. The Morgan fingerprint density at radius 3 is 2.59 bits per heavy atom. The number of ether oxygens (including phenoxy) is 1. The standard InChI is InChI=1S/C28H25N5O3S/c1-3-36-27(35)24-17(2)29-28-33(25(24)20-7-5-4-6-8-20)26(34)23(37-28)15-18-9-13-21(14-10-18)32-16-22(30-31-32)19-11-12-19/h4-10,13-16,19,25H,3,11-12H2,1-2H3/b23-15-. The molecular weight excluding hydrogens is 486 g/mol. The fraction of sp³-hybridized carbons (Fsp3) is 0.250. The predicted molar refractivity (Wildman–Crippen MR) is 140 cm³/mol. The van der Waals surface area contributed by atoms with Crippen molar-refractivity contribution in [3.8, 4) is 5.69 Å². The second-order valence-electron chi connectivity index (χ2n) is 9.17. The summed E-state index contributed by atoms with van der Waals surface area (Å²) in [5.41, 5.74) is 4.41. The molecule has 2 aromatic carbocycles. The minimum absolute atomic E-state index is 0.193. The van der Waals surface area contributed by atoms with E-state index in [1.165, 1.54) is 24.2 Å². The third-order valence-corrected chi connectivity index (χ3v) is 7.58. The number of nitrogens with zero attached hydrogens (tertiary/aromatic N) is 5. The van der Waals surface area contributed by atoms with Crippen LogP contribution in [-0.4, -0.2) is 32.1 Å². The lowest BCUT2D eigenvalue weighted by molar-refractivity contribution is -0.139. The molecule has 3 heterocycles. The van der Waals surface area contributed by atoms with Crippen LogP contribution >= 0.6 is 11.3 Å². The van der Waals surface area contributed by atoms with E-state index in [0.29, 0.717) is 26.5 Å². The molecule has 6 rings (SSSR count). The van der Waals surface area contributed by atoms with E-state index in [-0.39, 0.29) is 12.2 Å². The van der Waals surface area contributed by atoms with E-state index >= 15 is 0 Å². The molecule has 0 N–H and O–H groups in total. The maximum Gasteiger partial charge on any atom is 0.338 e. The average Bonchev–Trinajstić information content (AvgIpc) is 3.56. The Morgan fingerprint density at radius 2 is 1.89 bits per heavy atom. The number of hydrogen-bond acceptors (Lipinski definition) is 7. The molecule has 1 aliphatic heterocycles. The van der Waals surface area contributed by atoms with Crippen molar-refractivity contribution in [2.45, 2.75) is 38.6 Å². The minimum atomic E-state index is -0.603. The summed E-state index contributed by atoms with van der Waals surface area (Å²) in [6, 6.07) is 16.8. The van der Waals surface area contributed by atoms with E-state index in [2.05, 4.69) is 15.3 Å². The quantitative estimate of drug-likeness (QED) is 0.371. The van der Waals surface area contributed by atoms with E-state index in [9.17, 15) is 9.59 Å². The lowest BCUT2D eigenvalue weighted by atomic mass is 9.96. The van der Waals surface area contributed by atoms with Crippen molar-refractivity contribution >= 4 is 23.4 Å². The molecule has 1 saturated carbocycles. The molecule has 186 valence electrons. The first-order chi connectivity index (χ1) is 18.0. The maximum absolute atomic E-state index is 13.7. The summed E-state index contributed by atoms with van der Waals surface area (Å²) in [6.07, 6.45) is 6.20. The van der Waals surface area contributed by atoms with Crippen molar-refractivity contribution in [1.29, 1.82) is 0 Å². The number of carbonyl (C=O) groups excluding carboxylic acids is 1. The molecule has 0 amide bonds. The van der Waals surface area contributed by atoms with Gasteiger partial charge in [0.25, 0.3) is 5.56 Å². The molecule has 1 aliphatic carbocycles. The normalized spacial score (nSPS) is 17.5. The molecule has 1 fully saturated rings. The van der Waals surface area contributed by atoms with E-state index in [1.54, 1.807) is 23.1 Å². The van der Waals surface area contributed by atoms with E-state index in [0.717, 1.165) is 22.5 Å². The van der Waals surface area contributed by atoms with Crippen molar-refractivity contribution in [3.05, 3.63) is 109 Å². The fourth-order valence-corrected chi connectivity index (χ4v) is 5.63. The van der Waals surface area contributed by atoms with Gasteiger partial charge < -0.3 is 4.74 Å². The number of benzene rings is 2. The van der Waals surface area contributed by atoms with Crippen LogP contribution in [0.25, 0.3) is 11.8 Å². The van der Waals surface area contributed by atoms with E-state index in [4.69, 9.17) is 4.74 Å². The first-order valence-corrected chi connectivity index (χ1v) is 13.1. The van der Waals surface area contributed by atoms with Crippen molar-refractivity contribution < 1.29 is 9.53 Å². The predicted octanol–water partition coefficient (Wildman–Crippen LogP) is 3.26. The zero-order valence-electron chi connectivity index (χ0n) is 20.5. The van der Waals surface area contributed by atoms with Crippen molar-refractivity contribution in [2.24, 2.45) is 4.99 Å². The smallest absolute Gasteiger partial charge is 0.338 e. The van der Waals surface area contributed by atoms with Crippen LogP contribution in [0.2, 0.25) is 0 Å². The number of rotatable bonds is 6. The molecule has 0 saturated heterocycles. The Balaban J connectivity index is 1.40. The maximum atomic E-state index is 13.7. The highest BCUT2D eigenvalue weighted by Gasteiger charge is 2.33. The summed E-state index contributed by atoms with van der Waals surface area (Å²) in [5.74, 6) is 0.0900. The van der Waals surface area contributed by atoms with E-state index < -0.39 is 12.0 Å². The van der Waals surface area contributed by atoms with Gasteiger partial charge in [0.05, 0.1) is 46.0 Å². The summed E-state index contributed by atoms with van der Waals surface area (Å²) >= 11 is 1.31. The van der Waals surface area contributed by atoms with Gasteiger partial charge >= 0.3 is 5.97 Å². The number of carbonyl (C=O) groups is 1. The zero-order chi connectivity index (χ0) is 25.5. The largest absolute Gasteiger partial charge is 0.463 e. The number of hydrogen-bond donors (Lipinski definition) is 0. The number of esters is 1. The monoisotopic (exact) mass is 511 g/mol. The Morgan fingerprint density at radius 1 is 1.14 bits per heavy atom. The SMILES string of the molecule is CCOC(=O)C1=C(C)N=c2s/c(=C\c3ccc(-n4cc(C5CC5)nn4)cc3)c(=O)n2C1c1ccccc1. The minimum Gasteiger partial charge on any atom is -0.463 e. The van der Waals surface area contributed by atoms with Gasteiger partial charge in [0, 0.05) is 5.92 Å². The molecule has 9 heteroatoms. The third kappa shape index (κ3) is 4.35.